The molecule has 0 saturated carbocycles. The average molecular weight is 418 g/mol. The van der Waals surface area contributed by atoms with Gasteiger partial charge in [-0.15, -0.1) is 11.3 Å². The Morgan fingerprint density at radius 1 is 1.07 bits per heavy atom. The Kier molecular flexibility index (Phi) is 5.50. The molecule has 2 aromatic heterocycles. The number of hydrogen-bond acceptors (Lipinski definition) is 4. The van der Waals surface area contributed by atoms with Gasteiger partial charge < -0.3 is 4.90 Å². The highest BCUT2D eigenvalue weighted by Gasteiger charge is 2.17. The Labute approximate surface area is 179 Å². The molecule has 0 aliphatic carbocycles. The number of thiophene rings is 1. The van der Waals surface area contributed by atoms with E-state index in [-0.39, 0.29) is 18.0 Å². The number of amides is 1. The van der Waals surface area contributed by atoms with Crippen molar-refractivity contribution in [3.05, 3.63) is 86.3 Å². The van der Waals surface area contributed by atoms with Crippen molar-refractivity contribution in [2.75, 3.05) is 7.05 Å². The minimum atomic E-state index is -0.252. The number of nitrogens with zero attached hydrogens (tertiary/aromatic N) is 3. The van der Waals surface area contributed by atoms with E-state index < -0.39 is 0 Å². The normalized spacial score (nSPS) is 11.0. The monoisotopic (exact) mass is 417 g/mol. The predicted molar refractivity (Wildman–Crippen MR) is 122 cm³/mol. The van der Waals surface area contributed by atoms with E-state index >= 15 is 0 Å². The Morgan fingerprint density at radius 2 is 1.83 bits per heavy atom. The maximum absolute atomic E-state index is 13.1. The Morgan fingerprint density at radius 3 is 2.57 bits per heavy atom. The van der Waals surface area contributed by atoms with Gasteiger partial charge >= 0.3 is 0 Å². The van der Waals surface area contributed by atoms with Crippen molar-refractivity contribution in [3.8, 4) is 11.3 Å². The third-order valence-electron chi connectivity index (χ3n) is 5.20. The quantitative estimate of drug-likeness (QED) is 0.484. The first-order chi connectivity index (χ1) is 14.4. The number of fused-ring (bicyclic) bond motifs is 1. The van der Waals surface area contributed by atoms with Crippen LogP contribution in [0.25, 0.3) is 22.0 Å². The number of rotatable bonds is 5. The highest BCUT2D eigenvalue weighted by Crippen LogP contribution is 2.28. The molecule has 0 N–H and O–H groups in total. The smallest absolute Gasteiger partial charge is 0.275 e. The van der Waals surface area contributed by atoms with Crippen molar-refractivity contribution in [2.24, 2.45) is 0 Å². The van der Waals surface area contributed by atoms with Crippen molar-refractivity contribution in [3.63, 3.8) is 0 Å². The second kappa shape index (κ2) is 8.24. The summed E-state index contributed by atoms with van der Waals surface area (Å²) in [5, 5.41) is 8.00. The summed E-state index contributed by atoms with van der Waals surface area (Å²) in [6.45, 7) is 4.48. The average Bonchev–Trinajstić information content (AvgIpc) is 3.25. The van der Waals surface area contributed by atoms with E-state index in [1.54, 1.807) is 29.4 Å². The molecule has 0 aliphatic rings. The molecule has 0 aliphatic heterocycles. The van der Waals surface area contributed by atoms with Crippen LogP contribution < -0.4 is 5.56 Å². The number of carbonyl (C=O) groups is 1. The van der Waals surface area contributed by atoms with Crippen LogP contribution in [-0.2, 0) is 17.9 Å². The van der Waals surface area contributed by atoms with Gasteiger partial charge in [0.15, 0.2) is 0 Å². The van der Waals surface area contributed by atoms with Crippen LogP contribution in [0.3, 0.4) is 0 Å². The topological polar surface area (TPSA) is 55.2 Å². The van der Waals surface area contributed by atoms with Gasteiger partial charge in [-0.2, -0.15) is 5.10 Å². The molecule has 30 heavy (non-hydrogen) atoms. The second-order valence-electron chi connectivity index (χ2n) is 7.50. The number of likely N-dealkylation sites (N-methyl/N-ethyl adjacent to an activating group) is 1. The summed E-state index contributed by atoms with van der Waals surface area (Å²) in [7, 11) is 1.75. The number of aryl methyl sites for hydroxylation is 2. The van der Waals surface area contributed by atoms with Crippen molar-refractivity contribution in [1.82, 2.24) is 14.7 Å². The molecule has 0 unspecified atom stereocenters. The van der Waals surface area contributed by atoms with Crippen LogP contribution in [0.15, 0.2) is 64.8 Å². The van der Waals surface area contributed by atoms with E-state index in [0.717, 1.165) is 32.6 Å². The van der Waals surface area contributed by atoms with Gasteiger partial charge in [-0.05, 0) is 43.0 Å². The van der Waals surface area contributed by atoms with Crippen LogP contribution in [0.1, 0.15) is 16.0 Å². The molecule has 0 atom stereocenters. The van der Waals surface area contributed by atoms with Gasteiger partial charge in [-0.25, -0.2) is 4.68 Å². The van der Waals surface area contributed by atoms with Gasteiger partial charge in [0, 0.05) is 22.9 Å². The molecule has 0 fully saturated rings. The van der Waals surface area contributed by atoms with Gasteiger partial charge in [-0.1, -0.05) is 42.0 Å². The standard InChI is InChI=1S/C24H23N3O2S/c1-16-10-11-17(2)21(13-16)23-19-8-4-5-9-20(19)24(29)27(25-23)15-22(28)26(3)14-18-7-6-12-30-18/h4-13H,14-15H2,1-3H3. The maximum Gasteiger partial charge on any atom is 0.275 e. The molecule has 0 saturated heterocycles. The lowest BCUT2D eigenvalue weighted by atomic mass is 9.99. The minimum Gasteiger partial charge on any atom is -0.339 e. The van der Waals surface area contributed by atoms with E-state index in [1.807, 2.05) is 49.6 Å². The fraction of sp³-hybridized carbons (Fsp3) is 0.208. The lowest BCUT2D eigenvalue weighted by molar-refractivity contribution is -0.131. The summed E-state index contributed by atoms with van der Waals surface area (Å²) in [5.41, 5.74) is 3.63. The van der Waals surface area contributed by atoms with Crippen molar-refractivity contribution >= 4 is 28.0 Å². The molecule has 0 bridgehead atoms. The Bertz CT molecular complexity index is 1280. The third-order valence-corrected chi connectivity index (χ3v) is 6.06. The summed E-state index contributed by atoms with van der Waals surface area (Å²) in [6.07, 6.45) is 0. The van der Waals surface area contributed by atoms with Gasteiger partial charge in [-0.3, -0.25) is 9.59 Å². The molecular weight excluding hydrogens is 394 g/mol. The highest BCUT2D eigenvalue weighted by molar-refractivity contribution is 7.09. The fourth-order valence-electron chi connectivity index (χ4n) is 3.51. The number of benzene rings is 2. The third kappa shape index (κ3) is 3.91. The van der Waals surface area contributed by atoms with E-state index in [0.29, 0.717) is 11.9 Å². The van der Waals surface area contributed by atoms with Gasteiger partial charge in [0.25, 0.3) is 5.56 Å². The molecule has 4 aromatic rings. The fourth-order valence-corrected chi connectivity index (χ4v) is 4.26. The summed E-state index contributed by atoms with van der Waals surface area (Å²) in [5.74, 6) is -0.153. The van der Waals surface area contributed by atoms with Crippen LogP contribution in [0.4, 0.5) is 0 Å². The molecule has 5 nitrogen and oxygen atoms in total. The van der Waals surface area contributed by atoms with Crippen molar-refractivity contribution in [2.45, 2.75) is 26.9 Å². The van der Waals surface area contributed by atoms with E-state index in [9.17, 15) is 9.59 Å². The first-order valence-electron chi connectivity index (χ1n) is 9.78. The van der Waals surface area contributed by atoms with Gasteiger partial charge in [0.2, 0.25) is 5.91 Å². The zero-order chi connectivity index (χ0) is 21.3. The number of carbonyl (C=O) groups excluding carboxylic acids is 1. The lowest BCUT2D eigenvalue weighted by Crippen LogP contribution is -2.35. The van der Waals surface area contributed by atoms with E-state index in [4.69, 9.17) is 0 Å². The van der Waals surface area contributed by atoms with Crippen LogP contribution in [0.5, 0.6) is 0 Å². The number of hydrogen-bond donors (Lipinski definition) is 0. The highest BCUT2D eigenvalue weighted by atomic mass is 32.1. The lowest BCUT2D eigenvalue weighted by Gasteiger charge is -2.18. The summed E-state index contributed by atoms with van der Waals surface area (Å²) in [6, 6.07) is 17.6. The molecule has 6 heteroatoms. The molecule has 1 amide bonds. The van der Waals surface area contributed by atoms with Crippen molar-refractivity contribution in [1.29, 1.82) is 0 Å². The zero-order valence-corrected chi connectivity index (χ0v) is 18.1. The predicted octanol–water partition coefficient (Wildman–Crippen LogP) is 4.40. The molecule has 2 aromatic carbocycles. The zero-order valence-electron chi connectivity index (χ0n) is 17.3. The molecule has 4 rings (SSSR count). The maximum atomic E-state index is 13.1. The first kappa shape index (κ1) is 20.0. The van der Waals surface area contributed by atoms with Crippen LogP contribution >= 0.6 is 11.3 Å². The van der Waals surface area contributed by atoms with E-state index in [2.05, 4.69) is 23.3 Å². The van der Waals surface area contributed by atoms with Crippen LogP contribution in [0, 0.1) is 13.8 Å². The van der Waals surface area contributed by atoms with Gasteiger partial charge in [0.1, 0.15) is 6.54 Å². The summed E-state index contributed by atoms with van der Waals surface area (Å²) >= 11 is 1.60. The first-order valence-corrected chi connectivity index (χ1v) is 10.7. The molecule has 2 heterocycles. The minimum absolute atomic E-state index is 0.0938. The molecule has 0 radical (unpaired) electrons. The van der Waals surface area contributed by atoms with E-state index in [1.165, 1.54) is 4.68 Å². The summed E-state index contributed by atoms with van der Waals surface area (Å²) in [4.78, 5) is 28.6. The van der Waals surface area contributed by atoms with Crippen LogP contribution in [0.2, 0.25) is 0 Å². The molecular formula is C24H23N3O2S. The Balaban J connectivity index is 1.77. The molecule has 152 valence electrons. The largest absolute Gasteiger partial charge is 0.339 e. The van der Waals surface area contributed by atoms with Crippen LogP contribution in [-0.4, -0.2) is 27.6 Å². The van der Waals surface area contributed by atoms with Crippen molar-refractivity contribution < 1.29 is 4.79 Å². The van der Waals surface area contributed by atoms with Gasteiger partial charge in [0.05, 0.1) is 17.6 Å². The summed E-state index contributed by atoms with van der Waals surface area (Å²) < 4.78 is 1.30. The Hall–Kier alpha value is -3.25. The SMILES string of the molecule is Cc1ccc(C)c(-c2nn(CC(=O)N(C)Cc3cccs3)c(=O)c3ccccc23)c1. The number of aromatic nitrogens is 2. The second-order valence-corrected chi connectivity index (χ2v) is 8.54. The molecule has 0 spiro atoms.